The Kier molecular flexibility index (Phi) is 6.62. The second-order valence-electron chi connectivity index (χ2n) is 7.72. The van der Waals surface area contributed by atoms with Gasteiger partial charge in [-0.25, -0.2) is 0 Å². The molecule has 1 fully saturated rings. The molecule has 0 unspecified atom stereocenters. The number of nitrogens with one attached hydrogen (secondary N) is 1. The van der Waals surface area contributed by atoms with Crippen molar-refractivity contribution in [3.05, 3.63) is 53.6 Å². The van der Waals surface area contributed by atoms with E-state index in [9.17, 15) is 4.79 Å². The summed E-state index contributed by atoms with van der Waals surface area (Å²) >= 11 is 0. The Hall–Kier alpha value is -3.19. The summed E-state index contributed by atoms with van der Waals surface area (Å²) in [7, 11) is 3.73. The number of amides is 1. The highest BCUT2D eigenvalue weighted by Gasteiger charge is 2.18. The highest BCUT2D eigenvalue weighted by atomic mass is 16.6. The second-order valence-corrected chi connectivity index (χ2v) is 7.72. The van der Waals surface area contributed by atoms with E-state index >= 15 is 0 Å². The lowest BCUT2D eigenvalue weighted by Crippen LogP contribution is -2.45. The summed E-state index contributed by atoms with van der Waals surface area (Å²) < 4.78 is 16.7. The molecule has 7 heteroatoms. The number of hydrogen-bond acceptors (Lipinski definition) is 6. The van der Waals surface area contributed by atoms with E-state index in [1.165, 1.54) is 11.8 Å². The lowest BCUT2D eigenvalue weighted by molar-refractivity contribution is -0.116. The zero-order valence-corrected chi connectivity index (χ0v) is 18.1. The zero-order valence-electron chi connectivity index (χ0n) is 18.1. The summed E-state index contributed by atoms with van der Waals surface area (Å²) in [5.74, 6) is 1.68. The molecule has 4 rings (SSSR count). The maximum atomic E-state index is 12.5. The number of benzene rings is 2. The smallest absolute Gasteiger partial charge is 0.244 e. The first-order chi connectivity index (χ1) is 15.1. The number of carbonyl (C=O) groups is 1. The highest BCUT2D eigenvalue weighted by molar-refractivity contribution is 5.92. The molecule has 0 atom stereocenters. The van der Waals surface area contributed by atoms with Crippen LogP contribution in [-0.4, -0.2) is 64.4 Å². The van der Waals surface area contributed by atoms with Crippen LogP contribution >= 0.6 is 0 Å². The van der Waals surface area contributed by atoms with E-state index in [1.54, 1.807) is 13.2 Å². The predicted octanol–water partition coefficient (Wildman–Crippen LogP) is 2.55. The molecular weight excluding hydrogens is 394 g/mol. The van der Waals surface area contributed by atoms with Gasteiger partial charge in [-0.05, 0) is 42.4 Å². The van der Waals surface area contributed by atoms with Crippen LogP contribution in [0.3, 0.4) is 0 Å². The largest absolute Gasteiger partial charge is 0.493 e. The van der Waals surface area contributed by atoms with Crippen molar-refractivity contribution in [2.75, 3.05) is 58.5 Å². The van der Waals surface area contributed by atoms with Crippen molar-refractivity contribution in [2.24, 2.45) is 0 Å². The van der Waals surface area contributed by atoms with E-state index in [-0.39, 0.29) is 5.91 Å². The Morgan fingerprint density at radius 3 is 2.71 bits per heavy atom. The van der Waals surface area contributed by atoms with Gasteiger partial charge < -0.3 is 29.3 Å². The van der Waals surface area contributed by atoms with E-state index in [1.807, 2.05) is 24.3 Å². The molecular formula is C24H29N3O4. The lowest BCUT2D eigenvalue weighted by Gasteiger charge is -2.35. The maximum Gasteiger partial charge on any atom is 0.244 e. The SMILES string of the molecule is COc1cc(/C=C/C(=O)NCc2ccccc2N2CCN(C)CC2)cc2c1OCCO2. The third-order valence-corrected chi connectivity index (χ3v) is 5.57. The first-order valence-corrected chi connectivity index (χ1v) is 10.6. The average Bonchev–Trinajstić information content (AvgIpc) is 2.81. The Balaban J connectivity index is 1.40. The number of nitrogens with zero attached hydrogens (tertiary/aromatic N) is 2. The maximum absolute atomic E-state index is 12.5. The molecule has 0 aliphatic carbocycles. The lowest BCUT2D eigenvalue weighted by atomic mass is 10.1. The van der Waals surface area contributed by atoms with Gasteiger partial charge in [0.05, 0.1) is 7.11 Å². The summed E-state index contributed by atoms with van der Waals surface area (Å²) in [5, 5.41) is 3.00. The van der Waals surface area contributed by atoms with E-state index < -0.39 is 0 Å². The minimum atomic E-state index is -0.151. The third-order valence-electron chi connectivity index (χ3n) is 5.57. The van der Waals surface area contributed by atoms with Gasteiger partial charge in [-0.2, -0.15) is 0 Å². The number of para-hydroxylation sites is 1. The highest BCUT2D eigenvalue weighted by Crippen LogP contribution is 2.40. The number of hydrogen-bond donors (Lipinski definition) is 1. The molecule has 1 amide bonds. The monoisotopic (exact) mass is 423 g/mol. The molecule has 2 heterocycles. The topological polar surface area (TPSA) is 63.3 Å². The fourth-order valence-electron chi connectivity index (χ4n) is 3.82. The quantitative estimate of drug-likeness (QED) is 0.721. The minimum absolute atomic E-state index is 0.151. The van der Waals surface area contributed by atoms with Crippen LogP contribution in [0.2, 0.25) is 0 Å². The zero-order chi connectivity index (χ0) is 21.6. The molecule has 1 N–H and O–H groups in total. The van der Waals surface area contributed by atoms with Crippen molar-refractivity contribution in [3.63, 3.8) is 0 Å². The standard InChI is InChI=1S/C24H29N3O4/c1-26-9-11-27(12-10-26)20-6-4-3-5-19(20)17-25-23(28)8-7-18-15-21(29-2)24-22(16-18)30-13-14-31-24/h3-8,15-16H,9-14,17H2,1-2H3,(H,25,28)/b8-7+. The van der Waals surface area contributed by atoms with Gasteiger partial charge in [0.15, 0.2) is 11.5 Å². The normalized spacial score (nSPS) is 16.4. The minimum Gasteiger partial charge on any atom is -0.493 e. The number of carbonyl (C=O) groups excluding carboxylic acids is 1. The molecule has 2 aliphatic heterocycles. The van der Waals surface area contributed by atoms with Gasteiger partial charge in [0.25, 0.3) is 0 Å². The first kappa shape index (κ1) is 21.1. The number of methoxy groups -OCH3 is 1. The van der Waals surface area contributed by atoms with Gasteiger partial charge in [-0.15, -0.1) is 0 Å². The Labute approximate surface area is 183 Å². The molecule has 0 spiro atoms. The van der Waals surface area contributed by atoms with E-state index in [0.29, 0.717) is 37.0 Å². The van der Waals surface area contributed by atoms with Crippen LogP contribution in [0, 0.1) is 0 Å². The molecule has 2 aliphatic rings. The number of anilines is 1. The summed E-state index contributed by atoms with van der Waals surface area (Å²) in [6, 6.07) is 11.9. The Morgan fingerprint density at radius 1 is 1.13 bits per heavy atom. The van der Waals surface area contributed by atoms with Crippen LogP contribution in [0.1, 0.15) is 11.1 Å². The summed E-state index contributed by atoms with van der Waals surface area (Å²) in [4.78, 5) is 17.2. The fourth-order valence-corrected chi connectivity index (χ4v) is 3.82. The van der Waals surface area contributed by atoms with Crippen molar-refractivity contribution >= 4 is 17.7 Å². The van der Waals surface area contributed by atoms with Gasteiger partial charge in [0.1, 0.15) is 13.2 Å². The molecule has 0 aromatic heterocycles. The van der Waals surface area contributed by atoms with Crippen molar-refractivity contribution in [3.8, 4) is 17.2 Å². The number of ether oxygens (including phenoxy) is 3. The van der Waals surface area contributed by atoms with Crippen LogP contribution in [0.4, 0.5) is 5.69 Å². The van der Waals surface area contributed by atoms with Crippen LogP contribution in [0.5, 0.6) is 17.2 Å². The second kappa shape index (κ2) is 9.75. The van der Waals surface area contributed by atoms with E-state index in [0.717, 1.165) is 37.3 Å². The number of piperazine rings is 1. The summed E-state index contributed by atoms with van der Waals surface area (Å²) in [6.07, 6.45) is 3.28. The molecule has 31 heavy (non-hydrogen) atoms. The molecule has 0 saturated carbocycles. The number of likely N-dealkylation sites (N-methyl/N-ethyl adjacent to an activating group) is 1. The molecule has 2 aromatic rings. The van der Waals surface area contributed by atoms with Gasteiger partial charge in [0, 0.05) is 44.5 Å². The van der Waals surface area contributed by atoms with Crippen molar-refractivity contribution in [1.82, 2.24) is 10.2 Å². The molecule has 0 bridgehead atoms. The summed E-state index contributed by atoms with van der Waals surface area (Å²) in [5.41, 5.74) is 3.13. The van der Waals surface area contributed by atoms with Crippen molar-refractivity contribution < 1.29 is 19.0 Å². The van der Waals surface area contributed by atoms with Crippen LogP contribution in [0.15, 0.2) is 42.5 Å². The Bertz CT molecular complexity index is 935. The van der Waals surface area contributed by atoms with Crippen LogP contribution in [0.25, 0.3) is 6.08 Å². The predicted molar refractivity (Wildman–Crippen MR) is 121 cm³/mol. The molecule has 164 valence electrons. The average molecular weight is 424 g/mol. The van der Waals surface area contributed by atoms with Gasteiger partial charge in [-0.3, -0.25) is 4.79 Å². The van der Waals surface area contributed by atoms with E-state index in [4.69, 9.17) is 14.2 Å². The summed E-state index contributed by atoms with van der Waals surface area (Å²) in [6.45, 7) is 5.55. The van der Waals surface area contributed by atoms with Crippen molar-refractivity contribution in [2.45, 2.75) is 6.54 Å². The van der Waals surface area contributed by atoms with Gasteiger partial charge in [0.2, 0.25) is 11.7 Å². The molecule has 7 nitrogen and oxygen atoms in total. The molecule has 1 saturated heterocycles. The molecule has 2 aromatic carbocycles. The van der Waals surface area contributed by atoms with Crippen molar-refractivity contribution in [1.29, 1.82) is 0 Å². The fraction of sp³-hybridized carbons (Fsp3) is 0.375. The molecule has 0 radical (unpaired) electrons. The number of fused-ring (bicyclic) bond motifs is 1. The van der Waals surface area contributed by atoms with Gasteiger partial charge in [-0.1, -0.05) is 18.2 Å². The third kappa shape index (κ3) is 5.11. The van der Waals surface area contributed by atoms with Crippen LogP contribution < -0.4 is 24.4 Å². The van der Waals surface area contributed by atoms with Gasteiger partial charge >= 0.3 is 0 Å². The van der Waals surface area contributed by atoms with Crippen LogP contribution in [-0.2, 0) is 11.3 Å². The van der Waals surface area contributed by atoms with E-state index in [2.05, 4.69) is 34.3 Å². The Morgan fingerprint density at radius 2 is 1.90 bits per heavy atom. The number of rotatable bonds is 6. The first-order valence-electron chi connectivity index (χ1n) is 10.6.